The van der Waals surface area contributed by atoms with Gasteiger partial charge < -0.3 is 14.8 Å². The summed E-state index contributed by atoms with van der Waals surface area (Å²) in [4.78, 5) is 0. The number of nitrogens with one attached hydrogen (secondary N) is 1. The Morgan fingerprint density at radius 1 is 1.12 bits per heavy atom. The molecule has 88 valence electrons. The van der Waals surface area contributed by atoms with Crippen molar-refractivity contribution < 1.29 is 9.47 Å². The summed E-state index contributed by atoms with van der Waals surface area (Å²) in [6, 6.07) is 2.12. The van der Waals surface area contributed by atoms with Crippen LogP contribution in [0, 0.1) is 13.8 Å². The molecule has 0 aromatic heterocycles. The molecule has 3 heteroatoms. The molecule has 1 saturated heterocycles. The Hall–Kier alpha value is -1.22. The van der Waals surface area contributed by atoms with Crippen LogP contribution in [0.25, 0.3) is 0 Å². The maximum Gasteiger partial charge on any atom is 0.125 e. The van der Waals surface area contributed by atoms with Gasteiger partial charge in [-0.2, -0.15) is 0 Å². The van der Waals surface area contributed by atoms with E-state index in [0.29, 0.717) is 5.92 Å². The van der Waals surface area contributed by atoms with Gasteiger partial charge in [-0.15, -0.1) is 0 Å². The van der Waals surface area contributed by atoms with Gasteiger partial charge in [0.2, 0.25) is 0 Å². The van der Waals surface area contributed by atoms with E-state index in [9.17, 15) is 0 Å². The molecule has 1 aliphatic heterocycles. The van der Waals surface area contributed by atoms with E-state index in [2.05, 4.69) is 25.2 Å². The van der Waals surface area contributed by atoms with Crippen LogP contribution in [0.5, 0.6) is 11.5 Å². The molecule has 1 aliphatic rings. The molecule has 0 bridgehead atoms. The van der Waals surface area contributed by atoms with Gasteiger partial charge in [0.25, 0.3) is 0 Å². The number of methoxy groups -OCH3 is 2. The smallest absolute Gasteiger partial charge is 0.125 e. The van der Waals surface area contributed by atoms with Gasteiger partial charge in [0, 0.05) is 24.6 Å². The summed E-state index contributed by atoms with van der Waals surface area (Å²) in [7, 11) is 3.46. The summed E-state index contributed by atoms with van der Waals surface area (Å²) >= 11 is 0. The van der Waals surface area contributed by atoms with Crippen molar-refractivity contribution in [1.82, 2.24) is 5.32 Å². The quantitative estimate of drug-likeness (QED) is 0.847. The van der Waals surface area contributed by atoms with Crippen molar-refractivity contribution >= 4 is 0 Å². The molecule has 1 fully saturated rings. The first-order chi connectivity index (χ1) is 7.69. The second-order valence-corrected chi connectivity index (χ2v) is 4.31. The van der Waals surface area contributed by atoms with E-state index >= 15 is 0 Å². The van der Waals surface area contributed by atoms with E-state index in [1.807, 2.05) is 0 Å². The highest BCUT2D eigenvalue weighted by molar-refractivity contribution is 5.54. The first-order valence-electron chi connectivity index (χ1n) is 5.61. The molecule has 1 aromatic carbocycles. The molecule has 0 saturated carbocycles. The van der Waals surface area contributed by atoms with Gasteiger partial charge in [-0.3, -0.25) is 0 Å². The largest absolute Gasteiger partial charge is 0.496 e. The lowest BCUT2D eigenvalue weighted by atomic mass is 9.89. The minimum absolute atomic E-state index is 0.558. The minimum Gasteiger partial charge on any atom is -0.496 e. The lowest BCUT2D eigenvalue weighted by molar-refractivity contribution is 0.373. The SMILES string of the molecule is COc1cc(C2CNC2)c(OC)c(C)c1C. The van der Waals surface area contributed by atoms with Crippen molar-refractivity contribution in [1.29, 1.82) is 0 Å². The third-order valence-corrected chi connectivity index (χ3v) is 3.47. The number of rotatable bonds is 3. The van der Waals surface area contributed by atoms with Crippen molar-refractivity contribution in [3.8, 4) is 11.5 Å². The van der Waals surface area contributed by atoms with Crippen LogP contribution in [0.4, 0.5) is 0 Å². The zero-order valence-electron chi connectivity index (χ0n) is 10.4. The molecule has 16 heavy (non-hydrogen) atoms. The zero-order chi connectivity index (χ0) is 11.7. The van der Waals surface area contributed by atoms with Crippen molar-refractivity contribution in [3.05, 3.63) is 22.8 Å². The summed E-state index contributed by atoms with van der Waals surface area (Å²) in [6.45, 7) is 6.22. The predicted octanol–water partition coefficient (Wildman–Crippen LogP) is 2.01. The fourth-order valence-corrected chi connectivity index (χ4v) is 2.18. The Morgan fingerprint density at radius 2 is 1.81 bits per heavy atom. The van der Waals surface area contributed by atoms with Crippen LogP contribution >= 0.6 is 0 Å². The first-order valence-corrected chi connectivity index (χ1v) is 5.61. The van der Waals surface area contributed by atoms with Gasteiger partial charge in [-0.05, 0) is 31.0 Å². The molecule has 1 aromatic rings. The number of benzene rings is 1. The molecule has 0 unspecified atom stereocenters. The van der Waals surface area contributed by atoms with E-state index in [0.717, 1.165) is 30.2 Å². The molecule has 0 radical (unpaired) electrons. The molecule has 1 N–H and O–H groups in total. The fourth-order valence-electron chi connectivity index (χ4n) is 2.18. The van der Waals surface area contributed by atoms with Crippen LogP contribution in [0.2, 0.25) is 0 Å². The van der Waals surface area contributed by atoms with Crippen molar-refractivity contribution in [2.24, 2.45) is 0 Å². The van der Waals surface area contributed by atoms with E-state index in [4.69, 9.17) is 9.47 Å². The summed E-state index contributed by atoms with van der Waals surface area (Å²) in [6.07, 6.45) is 0. The van der Waals surface area contributed by atoms with Crippen LogP contribution < -0.4 is 14.8 Å². The number of hydrogen-bond donors (Lipinski definition) is 1. The lowest BCUT2D eigenvalue weighted by Gasteiger charge is -2.30. The third kappa shape index (κ3) is 1.65. The van der Waals surface area contributed by atoms with E-state index in [1.165, 1.54) is 11.1 Å². The maximum atomic E-state index is 5.53. The van der Waals surface area contributed by atoms with E-state index in [-0.39, 0.29) is 0 Å². The van der Waals surface area contributed by atoms with Gasteiger partial charge in [0.1, 0.15) is 11.5 Å². The lowest BCUT2D eigenvalue weighted by Crippen LogP contribution is -2.40. The molecule has 2 rings (SSSR count). The Bertz CT molecular complexity index is 397. The Labute approximate surface area is 96.8 Å². The normalized spacial score (nSPS) is 15.8. The molecule has 1 heterocycles. The highest BCUT2D eigenvalue weighted by Crippen LogP contribution is 2.38. The highest BCUT2D eigenvalue weighted by atomic mass is 16.5. The molecular weight excluding hydrogens is 202 g/mol. The fraction of sp³-hybridized carbons (Fsp3) is 0.538. The van der Waals surface area contributed by atoms with Gasteiger partial charge >= 0.3 is 0 Å². The molecule has 0 amide bonds. The molecule has 0 spiro atoms. The van der Waals surface area contributed by atoms with Crippen molar-refractivity contribution in [3.63, 3.8) is 0 Å². The van der Waals surface area contributed by atoms with Gasteiger partial charge in [-0.25, -0.2) is 0 Å². The molecule has 0 atom stereocenters. The average Bonchev–Trinajstić information content (AvgIpc) is 2.21. The van der Waals surface area contributed by atoms with Crippen LogP contribution in [0.3, 0.4) is 0 Å². The predicted molar refractivity (Wildman–Crippen MR) is 64.6 cm³/mol. The van der Waals surface area contributed by atoms with Crippen LogP contribution in [0.1, 0.15) is 22.6 Å². The van der Waals surface area contributed by atoms with Crippen LogP contribution in [-0.4, -0.2) is 27.3 Å². The Morgan fingerprint density at radius 3 is 2.25 bits per heavy atom. The minimum atomic E-state index is 0.558. The van der Waals surface area contributed by atoms with Crippen LogP contribution in [-0.2, 0) is 0 Å². The summed E-state index contributed by atoms with van der Waals surface area (Å²) in [5.74, 6) is 2.54. The third-order valence-electron chi connectivity index (χ3n) is 3.47. The van der Waals surface area contributed by atoms with E-state index < -0.39 is 0 Å². The summed E-state index contributed by atoms with van der Waals surface area (Å²) in [5, 5.41) is 3.29. The van der Waals surface area contributed by atoms with Gasteiger partial charge in [0.05, 0.1) is 14.2 Å². The second kappa shape index (κ2) is 4.34. The zero-order valence-corrected chi connectivity index (χ0v) is 10.4. The Balaban J connectivity index is 2.52. The number of hydrogen-bond acceptors (Lipinski definition) is 3. The van der Waals surface area contributed by atoms with Gasteiger partial charge in [-0.1, -0.05) is 0 Å². The monoisotopic (exact) mass is 221 g/mol. The van der Waals surface area contributed by atoms with Crippen molar-refractivity contribution in [2.75, 3.05) is 27.3 Å². The van der Waals surface area contributed by atoms with Crippen molar-refractivity contribution in [2.45, 2.75) is 19.8 Å². The maximum absolute atomic E-state index is 5.53. The molecular formula is C13H19NO2. The number of ether oxygens (including phenoxy) is 2. The van der Waals surface area contributed by atoms with Crippen LogP contribution in [0.15, 0.2) is 6.07 Å². The van der Waals surface area contributed by atoms with Gasteiger partial charge in [0.15, 0.2) is 0 Å². The summed E-state index contributed by atoms with van der Waals surface area (Å²) in [5.41, 5.74) is 3.61. The average molecular weight is 221 g/mol. The van der Waals surface area contributed by atoms with E-state index in [1.54, 1.807) is 14.2 Å². The first kappa shape index (κ1) is 11.3. The topological polar surface area (TPSA) is 30.5 Å². The molecule has 0 aliphatic carbocycles. The Kier molecular flexibility index (Phi) is 3.06. The molecule has 3 nitrogen and oxygen atoms in total. The second-order valence-electron chi connectivity index (χ2n) is 4.31. The summed E-state index contributed by atoms with van der Waals surface area (Å²) < 4.78 is 10.9. The highest BCUT2D eigenvalue weighted by Gasteiger charge is 2.25. The standard InChI is InChI=1S/C13H19NO2/c1-8-9(2)13(16-4)11(5-12(8)15-3)10-6-14-7-10/h5,10,14H,6-7H2,1-4H3.